The fraction of sp³-hybridized carbons (Fsp3) is 0. The van der Waals surface area contributed by atoms with E-state index in [-0.39, 0.29) is 40.1 Å². The predicted octanol–water partition coefficient (Wildman–Crippen LogP) is -3.98. The summed E-state index contributed by atoms with van der Waals surface area (Å²) in [6, 6.07) is 0. The fourth-order valence-corrected chi connectivity index (χ4v) is 0. The summed E-state index contributed by atoms with van der Waals surface area (Å²) in [4.78, 5) is 0. The van der Waals surface area contributed by atoms with Crippen molar-refractivity contribution in [2.75, 3.05) is 0 Å². The largest absolute Gasteiger partial charge is 1.00 e. The van der Waals surface area contributed by atoms with Gasteiger partial charge in [-0.15, -0.1) is 0 Å². The van der Waals surface area contributed by atoms with E-state index in [1.807, 2.05) is 0 Å². The molecular formula is CH5N2NaOS. The molecule has 0 saturated carbocycles. The Bertz CT molecular complexity index is 36.5. The maximum absolute atomic E-state index is 4.62. The summed E-state index contributed by atoms with van der Waals surface area (Å²) in [7, 11) is 0. The first-order chi connectivity index (χ1) is 1.73. The van der Waals surface area contributed by atoms with Gasteiger partial charge in [0.25, 0.3) is 0 Å². The van der Waals surface area contributed by atoms with Crippen LogP contribution in [0.3, 0.4) is 0 Å². The summed E-state index contributed by atoms with van der Waals surface area (Å²) in [5.74, 6) is 0. The van der Waals surface area contributed by atoms with Gasteiger partial charge in [0.1, 0.15) is 0 Å². The van der Waals surface area contributed by atoms with Crippen LogP contribution >= 0.6 is 12.2 Å². The molecule has 32 valence electrons. The Kier molecular flexibility index (Phi) is 24.4. The van der Waals surface area contributed by atoms with Gasteiger partial charge < -0.3 is 16.9 Å². The molecule has 0 aromatic rings. The number of hydrogen-bond donors (Lipinski definition) is 2. The molecule has 0 saturated heterocycles. The molecule has 0 aromatic carbocycles. The molecule has 0 radical (unpaired) electrons. The monoisotopic (exact) mass is 116 g/mol. The topological polar surface area (TPSA) is 82.0 Å². The van der Waals surface area contributed by atoms with E-state index in [1.165, 1.54) is 0 Å². The Balaban J connectivity index is -0.0000000450. The molecule has 6 heavy (non-hydrogen) atoms. The maximum Gasteiger partial charge on any atom is 1.00 e. The molecule has 0 heterocycles. The van der Waals surface area contributed by atoms with Crippen LogP contribution in [0.25, 0.3) is 0 Å². The van der Waals surface area contributed by atoms with E-state index in [1.54, 1.807) is 0 Å². The van der Waals surface area contributed by atoms with Crippen LogP contribution in [0.4, 0.5) is 0 Å². The van der Waals surface area contributed by atoms with Crippen molar-refractivity contribution in [3.05, 3.63) is 0 Å². The third-order valence-corrected chi connectivity index (χ3v) is 0. The van der Waals surface area contributed by atoms with Crippen LogP contribution in [0.2, 0.25) is 0 Å². The molecule has 0 aromatic heterocycles. The third kappa shape index (κ3) is 147. The molecule has 0 aliphatic heterocycles. The number of nitrogens with two attached hydrogens (primary N) is 2. The first-order valence-corrected chi connectivity index (χ1v) is 1.19. The van der Waals surface area contributed by atoms with E-state index < -0.39 is 0 Å². The third-order valence-electron chi connectivity index (χ3n) is 0. The Labute approximate surface area is 63.7 Å². The smallest absolute Gasteiger partial charge is 0.870 e. The average molecular weight is 116 g/mol. The van der Waals surface area contributed by atoms with Crippen molar-refractivity contribution in [2.45, 2.75) is 0 Å². The molecule has 0 atom stereocenters. The number of hydrogen-bond acceptors (Lipinski definition) is 2. The van der Waals surface area contributed by atoms with Crippen LogP contribution in [0.1, 0.15) is 0 Å². The summed E-state index contributed by atoms with van der Waals surface area (Å²) in [5.41, 5.74) is 9.24. The van der Waals surface area contributed by atoms with Gasteiger partial charge >= 0.3 is 29.6 Å². The second-order valence-corrected chi connectivity index (χ2v) is 0.874. The molecular weight excluding hydrogens is 111 g/mol. The van der Waals surface area contributed by atoms with Gasteiger partial charge in [0.15, 0.2) is 5.11 Å². The summed E-state index contributed by atoms with van der Waals surface area (Å²) in [6.45, 7) is 0. The fourth-order valence-electron chi connectivity index (χ4n) is 0. The zero-order valence-electron chi connectivity index (χ0n) is 3.51. The molecule has 0 aliphatic carbocycles. The van der Waals surface area contributed by atoms with Crippen molar-refractivity contribution in [1.29, 1.82) is 0 Å². The normalized spacial score (nSPS) is 4.00. The van der Waals surface area contributed by atoms with Crippen LogP contribution < -0.4 is 41.0 Å². The van der Waals surface area contributed by atoms with E-state index in [0.717, 1.165) is 0 Å². The molecule has 5 heteroatoms. The van der Waals surface area contributed by atoms with Crippen molar-refractivity contribution >= 4 is 17.3 Å². The van der Waals surface area contributed by atoms with Crippen molar-refractivity contribution in [2.24, 2.45) is 11.5 Å². The molecule has 0 fully saturated rings. The summed E-state index contributed by atoms with van der Waals surface area (Å²) in [5, 5.41) is 0.000000000000000222. The Hall–Kier alpha value is 0.650. The van der Waals surface area contributed by atoms with Gasteiger partial charge in [-0.25, -0.2) is 0 Å². The van der Waals surface area contributed by atoms with Crippen LogP contribution in [-0.4, -0.2) is 10.6 Å². The van der Waals surface area contributed by atoms with Gasteiger partial charge in [-0.3, -0.25) is 0 Å². The average Bonchev–Trinajstić information content (AvgIpc) is 0.811. The molecule has 0 aliphatic rings. The zero-order valence-corrected chi connectivity index (χ0v) is 6.33. The number of rotatable bonds is 0. The van der Waals surface area contributed by atoms with Gasteiger partial charge in [0.05, 0.1) is 0 Å². The molecule has 0 rings (SSSR count). The standard InChI is InChI=1S/CH4N2S.Na.H2O/c2-1(3)4;;/h(H4,2,3,4);;1H2/q;+1;/p-1. The molecule has 0 bridgehead atoms. The summed E-state index contributed by atoms with van der Waals surface area (Å²) in [6.07, 6.45) is 0. The summed E-state index contributed by atoms with van der Waals surface area (Å²) >= 11 is 4.09. The van der Waals surface area contributed by atoms with Crippen molar-refractivity contribution in [1.82, 2.24) is 0 Å². The SMILES string of the molecule is NC(N)=S.[Na+].[OH-]. The van der Waals surface area contributed by atoms with E-state index >= 15 is 0 Å². The van der Waals surface area contributed by atoms with Crippen molar-refractivity contribution in [3.63, 3.8) is 0 Å². The van der Waals surface area contributed by atoms with E-state index in [9.17, 15) is 0 Å². The first-order valence-electron chi connectivity index (χ1n) is 0.781. The predicted molar refractivity (Wildman–Crippen MR) is 22.9 cm³/mol. The van der Waals surface area contributed by atoms with Crippen LogP contribution in [-0.2, 0) is 0 Å². The zero-order chi connectivity index (χ0) is 3.58. The second-order valence-electron chi connectivity index (χ2n) is 0.402. The molecule has 3 nitrogen and oxygen atoms in total. The van der Waals surface area contributed by atoms with Gasteiger partial charge in [-0.05, 0) is 12.2 Å². The van der Waals surface area contributed by atoms with E-state index in [2.05, 4.69) is 23.7 Å². The van der Waals surface area contributed by atoms with Gasteiger partial charge in [0, 0.05) is 0 Å². The van der Waals surface area contributed by atoms with Crippen LogP contribution in [0.5, 0.6) is 0 Å². The minimum Gasteiger partial charge on any atom is -0.870 e. The molecule has 0 spiro atoms. The van der Waals surface area contributed by atoms with Gasteiger partial charge in [0.2, 0.25) is 0 Å². The quantitative estimate of drug-likeness (QED) is 0.250. The number of thiocarbonyl (C=S) groups is 1. The second kappa shape index (κ2) is 9.17. The molecule has 0 amide bonds. The minimum atomic E-state index is 0. The van der Waals surface area contributed by atoms with Crippen LogP contribution in [0.15, 0.2) is 0 Å². The van der Waals surface area contributed by atoms with E-state index in [4.69, 9.17) is 0 Å². The Morgan fingerprint density at radius 3 is 1.33 bits per heavy atom. The minimum absolute atomic E-state index is 0. The van der Waals surface area contributed by atoms with Crippen molar-refractivity contribution in [3.8, 4) is 0 Å². The van der Waals surface area contributed by atoms with Gasteiger partial charge in [-0.1, -0.05) is 0 Å². The van der Waals surface area contributed by atoms with Gasteiger partial charge in [-0.2, -0.15) is 0 Å². The van der Waals surface area contributed by atoms with Crippen LogP contribution in [0, 0.1) is 0 Å². The van der Waals surface area contributed by atoms with Crippen molar-refractivity contribution < 1.29 is 35.0 Å². The Morgan fingerprint density at radius 2 is 1.33 bits per heavy atom. The molecule has 5 N–H and O–H groups in total. The summed E-state index contributed by atoms with van der Waals surface area (Å²) < 4.78 is 0. The molecule has 0 unspecified atom stereocenters. The first kappa shape index (κ1) is 15.9. The maximum atomic E-state index is 4.62. The Morgan fingerprint density at radius 1 is 1.33 bits per heavy atom. The van der Waals surface area contributed by atoms with E-state index in [0.29, 0.717) is 0 Å².